The monoisotopic (exact) mass is 309 g/mol. The van der Waals surface area contributed by atoms with E-state index in [0.29, 0.717) is 12.2 Å². The van der Waals surface area contributed by atoms with Crippen LogP contribution in [0.25, 0.3) is 0 Å². The van der Waals surface area contributed by atoms with Crippen LogP contribution >= 0.6 is 0 Å². The van der Waals surface area contributed by atoms with E-state index in [-0.39, 0.29) is 12.1 Å². The third-order valence-electron chi connectivity index (χ3n) is 4.54. The van der Waals surface area contributed by atoms with Crippen molar-refractivity contribution in [3.8, 4) is 0 Å². The van der Waals surface area contributed by atoms with Gasteiger partial charge in [-0.2, -0.15) is 12.7 Å². The highest BCUT2D eigenvalue weighted by Crippen LogP contribution is 2.37. The summed E-state index contributed by atoms with van der Waals surface area (Å²) in [6, 6.07) is 5.52. The summed E-state index contributed by atoms with van der Waals surface area (Å²) in [6.45, 7) is 4.58. The molecule has 116 valence electrons. The Morgan fingerprint density at radius 1 is 1.19 bits per heavy atom. The van der Waals surface area contributed by atoms with Gasteiger partial charge in [-0.1, -0.05) is 6.42 Å². The normalized spacial score (nSPS) is 26.9. The van der Waals surface area contributed by atoms with Gasteiger partial charge < -0.3 is 5.73 Å². The molecule has 0 spiro atoms. The third kappa shape index (κ3) is 2.40. The maximum atomic E-state index is 13.1. The highest BCUT2D eigenvalue weighted by atomic mass is 32.2. The van der Waals surface area contributed by atoms with E-state index in [2.05, 4.69) is 0 Å². The summed E-state index contributed by atoms with van der Waals surface area (Å²) in [4.78, 5) is 0. The lowest BCUT2D eigenvalue weighted by molar-refractivity contribution is 0.267. The van der Waals surface area contributed by atoms with Crippen molar-refractivity contribution in [3.63, 3.8) is 0 Å². The maximum Gasteiger partial charge on any atom is 0.304 e. The first kappa shape index (κ1) is 14.7. The molecule has 2 atom stereocenters. The minimum Gasteiger partial charge on any atom is -0.399 e. The van der Waals surface area contributed by atoms with Crippen molar-refractivity contribution in [2.75, 3.05) is 16.6 Å². The molecule has 0 saturated carbocycles. The molecule has 1 aromatic rings. The predicted octanol–water partition coefficient (Wildman–Crippen LogP) is 2.14. The summed E-state index contributed by atoms with van der Waals surface area (Å²) in [6.07, 6.45) is 3.72. The van der Waals surface area contributed by atoms with Crippen molar-refractivity contribution < 1.29 is 8.42 Å². The molecular weight excluding hydrogens is 286 g/mol. The van der Waals surface area contributed by atoms with Crippen molar-refractivity contribution >= 4 is 21.6 Å². The zero-order valence-corrected chi connectivity index (χ0v) is 13.4. The molecule has 1 saturated heterocycles. The summed E-state index contributed by atoms with van der Waals surface area (Å²) >= 11 is 0. The number of hydrogen-bond acceptors (Lipinski definition) is 3. The molecule has 3 rings (SSSR count). The number of anilines is 2. The van der Waals surface area contributed by atoms with E-state index in [1.54, 1.807) is 14.7 Å². The lowest BCUT2D eigenvalue weighted by atomic mass is 10.1. The highest BCUT2D eigenvalue weighted by Gasteiger charge is 2.41. The molecule has 21 heavy (non-hydrogen) atoms. The van der Waals surface area contributed by atoms with Gasteiger partial charge in [0.05, 0.1) is 5.69 Å². The largest absolute Gasteiger partial charge is 0.399 e. The average Bonchev–Trinajstić information content (AvgIpc) is 2.74. The van der Waals surface area contributed by atoms with Gasteiger partial charge in [0.2, 0.25) is 0 Å². The summed E-state index contributed by atoms with van der Waals surface area (Å²) in [5, 5.41) is 0. The SMILES string of the molecule is CC1CCCCN1S(=O)(=O)N1c2ccc(N)cc2CC1C. The molecule has 2 N–H and O–H groups in total. The summed E-state index contributed by atoms with van der Waals surface area (Å²) < 4.78 is 29.4. The van der Waals surface area contributed by atoms with Gasteiger partial charge in [-0.15, -0.1) is 0 Å². The van der Waals surface area contributed by atoms with Crippen LogP contribution in [0.5, 0.6) is 0 Å². The lowest BCUT2D eigenvalue weighted by Gasteiger charge is -2.37. The van der Waals surface area contributed by atoms with Gasteiger partial charge in [-0.05, 0) is 56.9 Å². The number of hydrogen-bond donors (Lipinski definition) is 1. The lowest BCUT2D eigenvalue weighted by Crippen LogP contribution is -2.51. The van der Waals surface area contributed by atoms with Crippen molar-refractivity contribution in [2.24, 2.45) is 0 Å². The Hall–Kier alpha value is -1.27. The van der Waals surface area contributed by atoms with Crippen LogP contribution in [0.4, 0.5) is 11.4 Å². The zero-order valence-electron chi connectivity index (χ0n) is 12.6. The Kier molecular flexibility index (Phi) is 3.61. The van der Waals surface area contributed by atoms with E-state index in [9.17, 15) is 8.42 Å². The second kappa shape index (κ2) is 5.18. The highest BCUT2D eigenvalue weighted by molar-refractivity contribution is 7.90. The zero-order chi connectivity index (χ0) is 15.2. The van der Waals surface area contributed by atoms with E-state index in [4.69, 9.17) is 5.73 Å². The molecule has 2 aliphatic rings. The fraction of sp³-hybridized carbons (Fsp3) is 0.600. The number of benzene rings is 1. The molecule has 0 bridgehead atoms. The summed E-state index contributed by atoms with van der Waals surface area (Å²) in [5.74, 6) is 0. The summed E-state index contributed by atoms with van der Waals surface area (Å²) in [7, 11) is -3.46. The second-order valence-corrected chi connectivity index (χ2v) is 7.96. The first-order valence-electron chi connectivity index (χ1n) is 7.61. The van der Waals surface area contributed by atoms with Crippen LogP contribution in [0.15, 0.2) is 18.2 Å². The van der Waals surface area contributed by atoms with E-state index in [1.807, 2.05) is 26.0 Å². The molecule has 5 nitrogen and oxygen atoms in total. The number of nitrogens with two attached hydrogens (primary N) is 1. The van der Waals surface area contributed by atoms with Crippen LogP contribution in [-0.4, -0.2) is 31.4 Å². The number of nitrogens with zero attached hydrogens (tertiary/aromatic N) is 2. The predicted molar refractivity (Wildman–Crippen MR) is 85.4 cm³/mol. The number of rotatable bonds is 2. The fourth-order valence-electron chi connectivity index (χ4n) is 3.50. The van der Waals surface area contributed by atoms with E-state index in [0.717, 1.165) is 36.9 Å². The molecule has 2 unspecified atom stereocenters. The topological polar surface area (TPSA) is 66.6 Å². The number of nitrogen functional groups attached to an aromatic ring is 1. The smallest absolute Gasteiger partial charge is 0.304 e. The van der Waals surface area contributed by atoms with Crippen molar-refractivity contribution in [1.29, 1.82) is 0 Å². The molecule has 2 aliphatic heterocycles. The molecular formula is C15H23N3O2S. The van der Waals surface area contributed by atoms with Crippen LogP contribution < -0.4 is 10.0 Å². The quantitative estimate of drug-likeness (QED) is 0.851. The fourth-order valence-corrected chi connectivity index (χ4v) is 5.60. The molecule has 0 aromatic heterocycles. The standard InChI is InChI=1S/C15H23N3O2S/c1-11-5-3-4-8-17(11)21(19,20)18-12(2)9-13-10-14(16)6-7-15(13)18/h6-7,10-12H,3-5,8-9,16H2,1-2H3. The Morgan fingerprint density at radius 3 is 2.67 bits per heavy atom. The molecule has 6 heteroatoms. The molecule has 0 aliphatic carbocycles. The van der Waals surface area contributed by atoms with Crippen LogP contribution in [0, 0.1) is 0 Å². The summed E-state index contributed by atoms with van der Waals surface area (Å²) in [5.41, 5.74) is 8.31. The molecule has 1 aromatic carbocycles. The Morgan fingerprint density at radius 2 is 1.95 bits per heavy atom. The van der Waals surface area contributed by atoms with Gasteiger partial charge in [0.15, 0.2) is 0 Å². The molecule has 0 amide bonds. The molecule has 1 fully saturated rings. The van der Waals surface area contributed by atoms with E-state index < -0.39 is 10.2 Å². The second-order valence-electron chi connectivity index (χ2n) is 6.20. The van der Waals surface area contributed by atoms with Crippen LogP contribution in [0.1, 0.15) is 38.7 Å². The van der Waals surface area contributed by atoms with Gasteiger partial charge in [-0.25, -0.2) is 0 Å². The van der Waals surface area contributed by atoms with Crippen LogP contribution in [0.3, 0.4) is 0 Å². The third-order valence-corrected chi connectivity index (χ3v) is 6.73. The number of piperidine rings is 1. The van der Waals surface area contributed by atoms with E-state index >= 15 is 0 Å². The Bertz CT molecular complexity index is 644. The van der Waals surface area contributed by atoms with E-state index in [1.165, 1.54) is 0 Å². The Balaban J connectivity index is 2.00. The van der Waals surface area contributed by atoms with Crippen LogP contribution in [0.2, 0.25) is 0 Å². The minimum atomic E-state index is -3.46. The van der Waals surface area contributed by atoms with Crippen LogP contribution in [-0.2, 0) is 16.6 Å². The Labute approximate surface area is 126 Å². The number of fused-ring (bicyclic) bond motifs is 1. The van der Waals surface area contributed by atoms with Gasteiger partial charge in [-0.3, -0.25) is 4.31 Å². The van der Waals surface area contributed by atoms with Crippen molar-refractivity contribution in [3.05, 3.63) is 23.8 Å². The molecule has 2 heterocycles. The maximum absolute atomic E-state index is 13.1. The first-order chi connectivity index (χ1) is 9.91. The van der Waals surface area contributed by atoms with Crippen molar-refractivity contribution in [1.82, 2.24) is 4.31 Å². The first-order valence-corrected chi connectivity index (χ1v) is 9.00. The molecule has 0 radical (unpaired) electrons. The van der Waals surface area contributed by atoms with Crippen molar-refractivity contribution in [2.45, 2.75) is 51.6 Å². The van der Waals surface area contributed by atoms with Gasteiger partial charge >= 0.3 is 10.2 Å². The average molecular weight is 309 g/mol. The van der Waals surface area contributed by atoms with Gasteiger partial charge in [0.1, 0.15) is 0 Å². The van der Waals surface area contributed by atoms with Gasteiger partial charge in [0.25, 0.3) is 0 Å². The minimum absolute atomic E-state index is 0.0547. The van der Waals surface area contributed by atoms with Gasteiger partial charge in [0, 0.05) is 24.3 Å².